The summed E-state index contributed by atoms with van der Waals surface area (Å²) in [5.74, 6) is 1.41. The van der Waals surface area contributed by atoms with Crippen LogP contribution in [-0.2, 0) is 6.18 Å². The molecule has 0 aromatic carbocycles. The van der Waals surface area contributed by atoms with E-state index in [2.05, 4.69) is 16.8 Å². The van der Waals surface area contributed by atoms with Gasteiger partial charge in [-0.3, -0.25) is 0 Å². The minimum absolute atomic E-state index is 0.456. The van der Waals surface area contributed by atoms with Gasteiger partial charge in [0.15, 0.2) is 0 Å². The van der Waals surface area contributed by atoms with E-state index in [4.69, 9.17) is 0 Å². The molecule has 5 heteroatoms. The van der Waals surface area contributed by atoms with E-state index in [0.717, 1.165) is 37.9 Å². The number of pyridine rings is 1. The molecule has 2 nitrogen and oxygen atoms in total. The van der Waals surface area contributed by atoms with Crippen LogP contribution in [0.2, 0.25) is 0 Å². The van der Waals surface area contributed by atoms with E-state index < -0.39 is 11.7 Å². The standard InChI is InChI=1S/C14H17F3N2/c1-9-6-11-3-4-12(7-9)19(11)13-5-2-10(8-18-13)14(15,16)17/h2,5,8-9,11-12H,3-4,6-7H2,1H3/t9?,11-,12+. The molecule has 2 bridgehead atoms. The van der Waals surface area contributed by atoms with Gasteiger partial charge in [-0.2, -0.15) is 13.2 Å². The molecule has 104 valence electrons. The number of alkyl halides is 3. The van der Waals surface area contributed by atoms with E-state index in [1.165, 1.54) is 6.07 Å². The summed E-state index contributed by atoms with van der Waals surface area (Å²) in [5.41, 5.74) is -0.672. The van der Waals surface area contributed by atoms with Gasteiger partial charge in [-0.1, -0.05) is 6.92 Å². The van der Waals surface area contributed by atoms with Crippen LogP contribution < -0.4 is 4.90 Å². The summed E-state index contributed by atoms with van der Waals surface area (Å²) in [6.45, 7) is 2.25. The first kappa shape index (κ1) is 12.8. The molecule has 0 spiro atoms. The van der Waals surface area contributed by atoms with Gasteiger partial charge in [0, 0.05) is 18.3 Å². The predicted octanol–water partition coefficient (Wildman–Crippen LogP) is 3.87. The lowest BCUT2D eigenvalue weighted by atomic mass is 9.92. The van der Waals surface area contributed by atoms with Crippen LogP contribution in [0, 0.1) is 5.92 Å². The SMILES string of the molecule is CC1C[C@H]2CC[C@@H](C1)N2c1ccc(C(F)(F)F)cn1. The van der Waals surface area contributed by atoms with Crippen LogP contribution in [0.15, 0.2) is 18.3 Å². The Balaban J connectivity index is 1.84. The van der Waals surface area contributed by atoms with Gasteiger partial charge in [0.05, 0.1) is 5.56 Å². The number of nitrogens with zero attached hydrogens (tertiary/aromatic N) is 2. The third kappa shape index (κ3) is 2.30. The summed E-state index contributed by atoms with van der Waals surface area (Å²) in [7, 11) is 0. The third-order valence-corrected chi connectivity index (χ3v) is 4.31. The minimum Gasteiger partial charge on any atom is -0.351 e. The molecular weight excluding hydrogens is 253 g/mol. The van der Waals surface area contributed by atoms with E-state index in [0.29, 0.717) is 23.8 Å². The van der Waals surface area contributed by atoms with Gasteiger partial charge in [0.1, 0.15) is 5.82 Å². The van der Waals surface area contributed by atoms with Gasteiger partial charge in [-0.25, -0.2) is 4.98 Å². The zero-order chi connectivity index (χ0) is 13.6. The van der Waals surface area contributed by atoms with Gasteiger partial charge in [-0.15, -0.1) is 0 Å². The van der Waals surface area contributed by atoms with Crippen molar-refractivity contribution in [1.29, 1.82) is 0 Å². The molecule has 3 heterocycles. The maximum absolute atomic E-state index is 12.5. The Morgan fingerprint density at radius 3 is 2.26 bits per heavy atom. The Kier molecular flexibility index (Phi) is 2.95. The van der Waals surface area contributed by atoms with Gasteiger partial charge in [0.2, 0.25) is 0 Å². The molecule has 0 aliphatic carbocycles. The fraction of sp³-hybridized carbons (Fsp3) is 0.643. The Hall–Kier alpha value is -1.26. The summed E-state index contributed by atoms with van der Waals surface area (Å²) in [4.78, 5) is 6.28. The molecule has 2 aliphatic rings. The van der Waals surface area contributed by atoms with Crippen LogP contribution in [0.3, 0.4) is 0 Å². The average Bonchev–Trinajstić information content (AvgIpc) is 2.61. The summed E-state index contributed by atoms with van der Waals surface area (Å²) in [5, 5.41) is 0. The fourth-order valence-electron chi connectivity index (χ4n) is 3.53. The van der Waals surface area contributed by atoms with Crippen LogP contribution in [0.5, 0.6) is 0 Å². The second-order valence-corrected chi connectivity index (χ2v) is 5.77. The lowest BCUT2D eigenvalue weighted by Crippen LogP contribution is -2.42. The lowest BCUT2D eigenvalue weighted by Gasteiger charge is -2.38. The molecule has 3 atom stereocenters. The first-order valence-electron chi connectivity index (χ1n) is 6.76. The van der Waals surface area contributed by atoms with Crippen molar-refractivity contribution in [3.05, 3.63) is 23.9 Å². The highest BCUT2D eigenvalue weighted by Crippen LogP contribution is 2.41. The molecular formula is C14H17F3N2. The molecule has 3 rings (SSSR count). The number of halogens is 3. The molecule has 2 saturated heterocycles. The van der Waals surface area contributed by atoms with Gasteiger partial charge in [-0.05, 0) is 43.7 Å². The Labute approximate surface area is 110 Å². The van der Waals surface area contributed by atoms with Gasteiger partial charge >= 0.3 is 6.18 Å². The molecule has 0 N–H and O–H groups in total. The highest BCUT2D eigenvalue weighted by molar-refractivity contribution is 5.44. The van der Waals surface area contributed by atoms with Crippen LogP contribution in [-0.4, -0.2) is 17.1 Å². The zero-order valence-corrected chi connectivity index (χ0v) is 10.8. The van der Waals surface area contributed by atoms with Crippen LogP contribution in [0.4, 0.5) is 19.0 Å². The van der Waals surface area contributed by atoms with Crippen molar-refractivity contribution in [3.63, 3.8) is 0 Å². The minimum atomic E-state index is -4.30. The maximum Gasteiger partial charge on any atom is 0.417 e. The normalized spacial score (nSPS) is 30.7. The molecule has 2 aliphatic heterocycles. The first-order chi connectivity index (χ1) is 8.95. The second-order valence-electron chi connectivity index (χ2n) is 5.77. The molecule has 0 radical (unpaired) electrons. The largest absolute Gasteiger partial charge is 0.417 e. The van der Waals surface area contributed by atoms with Crippen molar-refractivity contribution < 1.29 is 13.2 Å². The summed E-state index contributed by atoms with van der Waals surface area (Å²) in [6.07, 6.45) is 1.17. The Morgan fingerprint density at radius 1 is 1.16 bits per heavy atom. The molecule has 0 saturated carbocycles. The third-order valence-electron chi connectivity index (χ3n) is 4.31. The highest BCUT2D eigenvalue weighted by Gasteiger charge is 2.40. The summed E-state index contributed by atoms with van der Waals surface area (Å²) >= 11 is 0. The number of rotatable bonds is 1. The number of piperidine rings is 1. The predicted molar refractivity (Wildman–Crippen MR) is 66.9 cm³/mol. The molecule has 1 unspecified atom stereocenters. The summed E-state index contributed by atoms with van der Waals surface area (Å²) in [6, 6.07) is 3.57. The quantitative estimate of drug-likeness (QED) is 0.770. The van der Waals surface area contributed by atoms with E-state index in [-0.39, 0.29) is 0 Å². The maximum atomic E-state index is 12.5. The topological polar surface area (TPSA) is 16.1 Å². The van der Waals surface area contributed by atoms with Gasteiger partial charge in [0.25, 0.3) is 0 Å². The fourth-order valence-corrected chi connectivity index (χ4v) is 3.53. The van der Waals surface area contributed by atoms with Crippen molar-refractivity contribution >= 4 is 5.82 Å². The Morgan fingerprint density at radius 2 is 1.79 bits per heavy atom. The smallest absolute Gasteiger partial charge is 0.351 e. The number of hydrogen-bond acceptors (Lipinski definition) is 2. The van der Waals surface area contributed by atoms with E-state index in [9.17, 15) is 13.2 Å². The summed E-state index contributed by atoms with van der Waals surface area (Å²) < 4.78 is 37.6. The average molecular weight is 270 g/mol. The molecule has 2 fully saturated rings. The number of hydrogen-bond donors (Lipinski definition) is 0. The number of anilines is 1. The monoisotopic (exact) mass is 270 g/mol. The second kappa shape index (κ2) is 4.39. The van der Waals surface area contributed by atoms with Crippen molar-refractivity contribution in [1.82, 2.24) is 4.98 Å². The van der Waals surface area contributed by atoms with E-state index >= 15 is 0 Å². The zero-order valence-electron chi connectivity index (χ0n) is 10.8. The van der Waals surface area contributed by atoms with Crippen molar-refractivity contribution in [2.45, 2.75) is 50.9 Å². The van der Waals surface area contributed by atoms with Gasteiger partial charge < -0.3 is 4.90 Å². The lowest BCUT2D eigenvalue weighted by molar-refractivity contribution is -0.137. The number of aromatic nitrogens is 1. The van der Waals surface area contributed by atoms with Crippen LogP contribution in [0.25, 0.3) is 0 Å². The molecule has 1 aromatic rings. The molecule has 1 aromatic heterocycles. The van der Waals surface area contributed by atoms with Crippen LogP contribution >= 0.6 is 0 Å². The Bertz CT molecular complexity index is 441. The molecule has 0 amide bonds. The first-order valence-corrected chi connectivity index (χ1v) is 6.76. The van der Waals surface area contributed by atoms with Crippen molar-refractivity contribution in [3.8, 4) is 0 Å². The number of fused-ring (bicyclic) bond motifs is 2. The van der Waals surface area contributed by atoms with E-state index in [1.54, 1.807) is 0 Å². The molecule has 19 heavy (non-hydrogen) atoms. The van der Waals surface area contributed by atoms with E-state index in [1.807, 2.05) is 0 Å². The highest BCUT2D eigenvalue weighted by atomic mass is 19.4. The van der Waals surface area contributed by atoms with Crippen molar-refractivity contribution in [2.24, 2.45) is 5.92 Å². The van der Waals surface area contributed by atoms with Crippen LogP contribution in [0.1, 0.15) is 38.2 Å². The van der Waals surface area contributed by atoms with Crippen molar-refractivity contribution in [2.75, 3.05) is 4.90 Å².